The van der Waals surface area contributed by atoms with Gasteiger partial charge in [-0.15, -0.1) is 11.3 Å². The van der Waals surface area contributed by atoms with Crippen LogP contribution in [0.3, 0.4) is 0 Å². The van der Waals surface area contributed by atoms with Crippen molar-refractivity contribution in [3.63, 3.8) is 0 Å². The van der Waals surface area contributed by atoms with Crippen molar-refractivity contribution in [2.75, 3.05) is 64.9 Å². The lowest BCUT2D eigenvalue weighted by Crippen LogP contribution is -2.40. The highest BCUT2D eigenvalue weighted by Gasteiger charge is 2.13. The van der Waals surface area contributed by atoms with Crippen LogP contribution in [0.25, 0.3) is 11.3 Å². The Kier molecular flexibility index (Phi) is 11.9. The van der Waals surface area contributed by atoms with Gasteiger partial charge in [0.15, 0.2) is 11.0 Å². The molecule has 40 heavy (non-hydrogen) atoms. The normalized spacial score (nSPS) is 14.3. The molecule has 0 radical (unpaired) electrons. The van der Waals surface area contributed by atoms with Gasteiger partial charge in [-0.3, -0.25) is 4.90 Å². The van der Waals surface area contributed by atoms with Crippen LogP contribution in [0.2, 0.25) is 0 Å². The molecule has 0 spiro atoms. The van der Waals surface area contributed by atoms with Crippen LogP contribution in [-0.4, -0.2) is 80.1 Å². The first-order chi connectivity index (χ1) is 19.6. The summed E-state index contributed by atoms with van der Waals surface area (Å²) in [6.07, 6.45) is 3.77. The number of hydrogen-bond acceptors (Lipinski definition) is 10. The Labute approximate surface area is 239 Å². The first-order valence-electron chi connectivity index (χ1n) is 13.8. The van der Waals surface area contributed by atoms with Gasteiger partial charge < -0.3 is 36.2 Å². The van der Waals surface area contributed by atoms with E-state index < -0.39 is 0 Å². The van der Waals surface area contributed by atoms with Crippen molar-refractivity contribution in [2.45, 2.75) is 25.7 Å². The molecule has 1 aliphatic rings. The number of nitrogens with one attached hydrogen (secondary N) is 1. The minimum Gasteiger partial charge on any atom is -0.494 e. The van der Waals surface area contributed by atoms with Gasteiger partial charge in [-0.25, -0.2) is 4.98 Å². The highest BCUT2D eigenvalue weighted by Crippen LogP contribution is 2.31. The number of nitrogens with zero attached hydrogens (tertiary/aromatic N) is 3. The third kappa shape index (κ3) is 9.37. The number of ether oxygens (including phenoxy) is 3. The highest BCUT2D eigenvalue weighted by molar-refractivity contribution is 7.15. The molecule has 0 saturated carbocycles. The van der Waals surface area contributed by atoms with Crippen LogP contribution in [0.5, 0.6) is 11.5 Å². The van der Waals surface area contributed by atoms with Gasteiger partial charge in [-0.1, -0.05) is 5.16 Å². The average molecular weight is 569 g/mol. The van der Waals surface area contributed by atoms with Gasteiger partial charge in [0.1, 0.15) is 11.5 Å². The summed E-state index contributed by atoms with van der Waals surface area (Å²) in [6, 6.07) is 15.3. The molecule has 10 nitrogen and oxygen atoms in total. The van der Waals surface area contributed by atoms with Gasteiger partial charge in [0.2, 0.25) is 0 Å². The van der Waals surface area contributed by atoms with Crippen LogP contribution in [0.1, 0.15) is 29.7 Å². The standard InChI is InChI=1S/C29H40N6O4S/c30-28(34-36)23-6-10-25(11-7-23)39-19-3-1-2-18-38-24-8-4-22(5-9-24)27-26(40-29(31)33-27)12-13-32-14-15-35-16-20-37-21-17-35/h4-11,32,36H,1-3,12-21H2,(H2,30,34)(H2,31,33). The monoisotopic (exact) mass is 568 g/mol. The predicted molar refractivity (Wildman–Crippen MR) is 160 cm³/mol. The molecule has 2 aromatic carbocycles. The number of unbranched alkanes of at least 4 members (excludes halogenated alkanes) is 2. The third-order valence-corrected chi connectivity index (χ3v) is 7.61. The third-order valence-electron chi connectivity index (χ3n) is 6.66. The van der Waals surface area contributed by atoms with E-state index >= 15 is 0 Å². The Bertz CT molecular complexity index is 1180. The minimum atomic E-state index is 0.0810. The van der Waals surface area contributed by atoms with E-state index in [1.165, 1.54) is 4.88 Å². The van der Waals surface area contributed by atoms with Crippen molar-refractivity contribution < 1.29 is 19.4 Å². The fourth-order valence-electron chi connectivity index (χ4n) is 4.40. The molecule has 0 atom stereocenters. The predicted octanol–water partition coefficient (Wildman–Crippen LogP) is 3.58. The number of nitrogen functional groups attached to an aromatic ring is 1. The number of rotatable bonds is 16. The first kappa shape index (κ1) is 29.6. The Morgan fingerprint density at radius 3 is 2.27 bits per heavy atom. The van der Waals surface area contributed by atoms with Crippen LogP contribution in [-0.2, 0) is 11.2 Å². The van der Waals surface area contributed by atoms with Crippen molar-refractivity contribution >= 4 is 22.3 Å². The largest absolute Gasteiger partial charge is 0.494 e. The quantitative estimate of drug-likeness (QED) is 0.0671. The summed E-state index contributed by atoms with van der Waals surface area (Å²) in [5.41, 5.74) is 14.3. The number of nitrogens with two attached hydrogens (primary N) is 2. The summed E-state index contributed by atoms with van der Waals surface area (Å²) in [4.78, 5) is 8.23. The number of morpholine rings is 1. The zero-order valence-corrected chi connectivity index (χ0v) is 23.7. The van der Waals surface area contributed by atoms with Crippen molar-refractivity contribution in [3.05, 3.63) is 59.0 Å². The highest BCUT2D eigenvalue weighted by atomic mass is 32.1. The van der Waals surface area contributed by atoms with Crippen molar-refractivity contribution in [3.8, 4) is 22.8 Å². The molecule has 216 valence electrons. The summed E-state index contributed by atoms with van der Waals surface area (Å²) >= 11 is 1.56. The molecule has 11 heteroatoms. The molecule has 2 heterocycles. The van der Waals surface area contributed by atoms with Crippen LogP contribution < -0.4 is 26.3 Å². The maximum atomic E-state index is 8.72. The molecule has 1 saturated heterocycles. The molecule has 3 aromatic rings. The molecule has 1 aromatic heterocycles. The Balaban J connectivity index is 1.12. The fraction of sp³-hybridized carbons (Fsp3) is 0.448. The smallest absolute Gasteiger partial charge is 0.180 e. The molecule has 0 bridgehead atoms. The summed E-state index contributed by atoms with van der Waals surface area (Å²) in [5.74, 6) is 1.69. The summed E-state index contributed by atoms with van der Waals surface area (Å²) in [6.45, 7) is 7.89. The lowest BCUT2D eigenvalue weighted by molar-refractivity contribution is 0.0385. The summed E-state index contributed by atoms with van der Waals surface area (Å²) in [7, 11) is 0. The molecule has 0 unspecified atom stereocenters. The first-order valence-corrected chi connectivity index (χ1v) is 14.6. The second-order valence-electron chi connectivity index (χ2n) is 9.57. The van der Waals surface area contributed by atoms with Gasteiger partial charge in [-0.2, -0.15) is 0 Å². The molecular formula is C29H40N6O4S. The van der Waals surface area contributed by atoms with Gasteiger partial charge in [0.05, 0.1) is 32.1 Å². The van der Waals surface area contributed by atoms with E-state index in [1.54, 1.807) is 23.5 Å². The van der Waals surface area contributed by atoms with E-state index in [9.17, 15) is 0 Å². The van der Waals surface area contributed by atoms with Gasteiger partial charge in [-0.05, 0) is 74.2 Å². The lowest BCUT2D eigenvalue weighted by Gasteiger charge is -2.26. The number of oxime groups is 1. The lowest BCUT2D eigenvalue weighted by atomic mass is 10.1. The SMILES string of the molecule is NC(=NO)c1ccc(OCCCCCOc2ccc(-c3nc(N)sc3CCNCCN3CCOCC3)cc2)cc1. The Morgan fingerprint density at radius 2 is 1.62 bits per heavy atom. The van der Waals surface area contributed by atoms with E-state index in [4.69, 9.17) is 30.9 Å². The van der Waals surface area contributed by atoms with Crippen LogP contribution in [0, 0.1) is 0 Å². The number of aromatic nitrogens is 1. The van der Waals surface area contributed by atoms with Crippen molar-refractivity contribution in [1.82, 2.24) is 15.2 Å². The van der Waals surface area contributed by atoms with Gasteiger partial charge in [0.25, 0.3) is 0 Å². The van der Waals surface area contributed by atoms with Crippen molar-refractivity contribution in [2.24, 2.45) is 10.9 Å². The van der Waals surface area contributed by atoms with E-state index in [0.717, 1.165) is 94.4 Å². The summed E-state index contributed by atoms with van der Waals surface area (Å²) in [5, 5.41) is 15.9. The molecule has 1 aliphatic heterocycles. The fourth-order valence-corrected chi connectivity index (χ4v) is 5.26. The molecule has 6 N–H and O–H groups in total. The molecule has 1 fully saturated rings. The Morgan fingerprint density at radius 1 is 0.975 bits per heavy atom. The topological polar surface area (TPSA) is 140 Å². The maximum absolute atomic E-state index is 8.72. The number of benzene rings is 2. The molecule has 0 aliphatic carbocycles. The number of amidine groups is 1. The van der Waals surface area contributed by atoms with Crippen LogP contribution >= 0.6 is 11.3 Å². The average Bonchev–Trinajstić information content (AvgIpc) is 3.37. The molecular weight excluding hydrogens is 528 g/mol. The zero-order chi connectivity index (χ0) is 28.0. The zero-order valence-electron chi connectivity index (χ0n) is 22.9. The van der Waals surface area contributed by atoms with Crippen LogP contribution in [0.4, 0.5) is 5.13 Å². The second kappa shape index (κ2) is 16.0. The van der Waals surface area contributed by atoms with Gasteiger partial charge >= 0.3 is 0 Å². The number of anilines is 1. The molecule has 4 rings (SSSR count). The van der Waals surface area contributed by atoms with E-state index in [-0.39, 0.29) is 5.84 Å². The number of hydrogen-bond donors (Lipinski definition) is 4. The number of thiazole rings is 1. The van der Waals surface area contributed by atoms with E-state index in [1.807, 2.05) is 24.3 Å². The summed E-state index contributed by atoms with van der Waals surface area (Å²) < 4.78 is 17.1. The van der Waals surface area contributed by atoms with Crippen molar-refractivity contribution in [1.29, 1.82) is 0 Å². The second-order valence-corrected chi connectivity index (χ2v) is 10.7. The molecule has 0 amide bonds. The van der Waals surface area contributed by atoms with E-state index in [0.29, 0.717) is 23.9 Å². The van der Waals surface area contributed by atoms with Gasteiger partial charge in [0, 0.05) is 48.7 Å². The van der Waals surface area contributed by atoms with E-state index in [2.05, 4.69) is 32.5 Å². The maximum Gasteiger partial charge on any atom is 0.180 e. The Hall–Kier alpha value is -3.38. The minimum absolute atomic E-state index is 0.0810. The van der Waals surface area contributed by atoms with Crippen LogP contribution in [0.15, 0.2) is 53.7 Å².